The van der Waals surface area contributed by atoms with Crippen molar-refractivity contribution in [2.24, 2.45) is 40.5 Å². The Bertz CT molecular complexity index is 1170. The second-order valence-corrected chi connectivity index (χ2v) is 13.5. The van der Waals surface area contributed by atoms with E-state index in [-0.39, 0.29) is 76.5 Å². The zero-order valence-corrected chi connectivity index (χ0v) is 31.0. The molecule has 0 aliphatic carbocycles. The molecule has 0 unspecified atom stereocenters. The average molecular weight is 746 g/mol. The Kier molecular flexibility index (Phi) is 23.2. The molecule has 0 saturated heterocycles. The van der Waals surface area contributed by atoms with Gasteiger partial charge in [0.25, 0.3) is 0 Å². The lowest BCUT2D eigenvalue weighted by Crippen LogP contribution is -2.60. The number of nitrogens with two attached hydrogens (primary N) is 5. The Balaban J connectivity index is 6.09. The molecule has 52 heavy (non-hydrogen) atoms. The highest BCUT2D eigenvalue weighted by atomic mass is 16.4. The number of aliphatic carboxylic acids is 1. The van der Waals surface area contributed by atoms with Crippen LogP contribution < -0.4 is 60.6 Å². The molecule has 0 aromatic carbocycles. The van der Waals surface area contributed by atoms with Gasteiger partial charge in [-0.3, -0.25) is 28.8 Å². The number of carboxylic acid groups (broad SMARTS) is 1. The number of hydrogen-bond donors (Lipinski definition) is 13. The van der Waals surface area contributed by atoms with Crippen LogP contribution in [0.3, 0.4) is 0 Å². The molecule has 0 aliphatic rings. The highest BCUT2D eigenvalue weighted by Crippen LogP contribution is 2.11. The third-order valence-corrected chi connectivity index (χ3v) is 7.81. The first-order chi connectivity index (χ1) is 24.3. The van der Waals surface area contributed by atoms with Crippen LogP contribution in [0.1, 0.15) is 73.1 Å². The standard InChI is InChI=1S/C32H63N11O9/c1-16(2)14-23(42-31(50)24(15-17(3)4)41-28(47)20(7-11-34)38-26(45)19(37)6-10-33)30(49)40-21(8-12-35)27(46)39-22(9-13-36)29(48)43-25(18(5)44)32(51)52/h16-25,44H,6-15,33-37H2,1-5H3,(H,38,45)(H,39,46)(H,40,49)(H,41,47)(H,42,50)(H,43,48)(H,51,52)/t18-,19+,20+,21+,22+,23+,24-,25+/m1/s1. The van der Waals surface area contributed by atoms with E-state index < -0.39 is 89.8 Å². The fourth-order valence-corrected chi connectivity index (χ4v) is 5.03. The maximum absolute atomic E-state index is 13.7. The summed E-state index contributed by atoms with van der Waals surface area (Å²) in [6, 6.07) is -8.59. The number of hydrogen-bond acceptors (Lipinski definition) is 13. The predicted octanol–water partition coefficient (Wildman–Crippen LogP) is -4.82. The largest absolute Gasteiger partial charge is 0.480 e. The molecule has 0 aromatic heterocycles. The van der Waals surface area contributed by atoms with Gasteiger partial charge < -0.3 is 70.8 Å². The summed E-state index contributed by atoms with van der Waals surface area (Å²) in [6.45, 7) is 8.53. The summed E-state index contributed by atoms with van der Waals surface area (Å²) in [5.41, 5.74) is 28.3. The van der Waals surface area contributed by atoms with Crippen LogP contribution in [0.15, 0.2) is 0 Å². The van der Waals surface area contributed by atoms with Crippen molar-refractivity contribution < 1.29 is 43.8 Å². The van der Waals surface area contributed by atoms with Gasteiger partial charge in [-0.15, -0.1) is 0 Å². The predicted molar refractivity (Wildman–Crippen MR) is 192 cm³/mol. The number of amides is 6. The van der Waals surface area contributed by atoms with E-state index in [0.717, 1.165) is 0 Å². The minimum atomic E-state index is -1.65. The number of carbonyl (C=O) groups is 7. The van der Waals surface area contributed by atoms with E-state index in [4.69, 9.17) is 28.7 Å². The first kappa shape index (κ1) is 48.0. The average Bonchev–Trinajstić information content (AvgIpc) is 3.04. The maximum atomic E-state index is 13.7. The zero-order chi connectivity index (χ0) is 40.1. The van der Waals surface area contributed by atoms with Crippen LogP contribution >= 0.6 is 0 Å². The lowest BCUT2D eigenvalue weighted by molar-refractivity contribution is -0.145. The van der Waals surface area contributed by atoms with Gasteiger partial charge in [0.1, 0.15) is 30.2 Å². The van der Waals surface area contributed by atoms with Crippen LogP contribution in [0, 0.1) is 11.8 Å². The Labute approximate surface area is 305 Å². The van der Waals surface area contributed by atoms with E-state index in [2.05, 4.69) is 31.9 Å². The van der Waals surface area contributed by atoms with Gasteiger partial charge in [0.05, 0.1) is 12.1 Å². The van der Waals surface area contributed by atoms with Crippen LogP contribution in [0.25, 0.3) is 0 Å². The fraction of sp³-hybridized carbons (Fsp3) is 0.781. The second-order valence-electron chi connectivity index (χ2n) is 13.5. The van der Waals surface area contributed by atoms with Crippen molar-refractivity contribution in [3.05, 3.63) is 0 Å². The molecule has 0 bridgehead atoms. The second kappa shape index (κ2) is 25.1. The molecule has 0 aliphatic heterocycles. The van der Waals surface area contributed by atoms with Crippen molar-refractivity contribution in [2.75, 3.05) is 26.2 Å². The van der Waals surface area contributed by atoms with Crippen molar-refractivity contribution in [2.45, 2.75) is 122 Å². The number of nitrogens with one attached hydrogen (secondary N) is 6. The third kappa shape index (κ3) is 18.0. The lowest BCUT2D eigenvalue weighted by Gasteiger charge is -2.28. The van der Waals surface area contributed by atoms with Gasteiger partial charge in [0.2, 0.25) is 35.4 Å². The molecule has 20 nitrogen and oxygen atoms in total. The van der Waals surface area contributed by atoms with Gasteiger partial charge in [-0.05, 0) is 83.5 Å². The minimum absolute atomic E-state index is 0.0437. The summed E-state index contributed by atoms with van der Waals surface area (Å²) in [5, 5.41) is 34.2. The van der Waals surface area contributed by atoms with E-state index in [1.165, 1.54) is 6.92 Å². The summed E-state index contributed by atoms with van der Waals surface area (Å²) in [5.74, 6) is -6.15. The monoisotopic (exact) mass is 745 g/mol. The number of rotatable bonds is 26. The molecule has 0 heterocycles. The highest BCUT2D eigenvalue weighted by Gasteiger charge is 2.34. The van der Waals surface area contributed by atoms with Crippen molar-refractivity contribution in [3.8, 4) is 0 Å². The van der Waals surface area contributed by atoms with E-state index in [0.29, 0.717) is 0 Å². The smallest absolute Gasteiger partial charge is 0.328 e. The third-order valence-electron chi connectivity index (χ3n) is 7.81. The van der Waals surface area contributed by atoms with Gasteiger partial charge in [0.15, 0.2) is 6.04 Å². The van der Waals surface area contributed by atoms with Gasteiger partial charge in [0, 0.05) is 0 Å². The molecule has 0 aromatic rings. The van der Waals surface area contributed by atoms with E-state index in [9.17, 15) is 43.8 Å². The summed E-state index contributed by atoms with van der Waals surface area (Å²) >= 11 is 0. The maximum Gasteiger partial charge on any atom is 0.328 e. The van der Waals surface area contributed by atoms with E-state index in [1.54, 1.807) is 0 Å². The van der Waals surface area contributed by atoms with Gasteiger partial charge in [-0.2, -0.15) is 0 Å². The summed E-state index contributed by atoms with van der Waals surface area (Å²) < 4.78 is 0. The lowest BCUT2D eigenvalue weighted by atomic mass is 9.99. The summed E-state index contributed by atoms with van der Waals surface area (Å²) in [7, 11) is 0. The molecule has 0 spiro atoms. The molecule has 0 radical (unpaired) electrons. The quantitative estimate of drug-likeness (QED) is 0.0395. The zero-order valence-electron chi connectivity index (χ0n) is 31.0. The molecule has 6 amide bonds. The van der Waals surface area contributed by atoms with Crippen LogP contribution in [0.5, 0.6) is 0 Å². The molecule has 0 rings (SSSR count). The normalized spacial score (nSPS) is 15.9. The molecular weight excluding hydrogens is 682 g/mol. The molecule has 8 atom stereocenters. The Morgan fingerprint density at radius 1 is 0.481 bits per heavy atom. The van der Waals surface area contributed by atoms with Crippen LogP contribution in [-0.2, 0) is 33.6 Å². The van der Waals surface area contributed by atoms with E-state index in [1.807, 2.05) is 27.7 Å². The summed E-state index contributed by atoms with van der Waals surface area (Å²) in [6.07, 6.45) is -1.06. The molecule has 0 fully saturated rings. The fourth-order valence-electron chi connectivity index (χ4n) is 5.03. The van der Waals surface area contributed by atoms with Crippen LogP contribution in [0.4, 0.5) is 0 Å². The molecule has 300 valence electrons. The Morgan fingerprint density at radius 3 is 1.06 bits per heavy atom. The van der Waals surface area contributed by atoms with Crippen molar-refractivity contribution in [3.63, 3.8) is 0 Å². The number of aliphatic hydroxyl groups excluding tert-OH is 1. The SMILES string of the molecule is CC(C)C[C@H](NC(=O)[C@@H](CC(C)C)NC(=O)[C@H](CCN)NC(=O)[C@@H](N)CCN)C(=O)N[C@@H](CCN)C(=O)N[C@@H](CCN)C(=O)N[C@H](C(=O)O)[C@@H](C)O. The highest BCUT2D eigenvalue weighted by molar-refractivity contribution is 5.97. The Morgan fingerprint density at radius 2 is 0.769 bits per heavy atom. The molecular formula is C32H63N11O9. The van der Waals surface area contributed by atoms with Crippen molar-refractivity contribution in [1.29, 1.82) is 0 Å². The molecule has 0 saturated carbocycles. The van der Waals surface area contributed by atoms with E-state index >= 15 is 0 Å². The topological polar surface area (TPSA) is 362 Å². The van der Waals surface area contributed by atoms with Crippen molar-refractivity contribution in [1.82, 2.24) is 31.9 Å². The number of aliphatic hydroxyl groups is 1. The first-order valence-corrected chi connectivity index (χ1v) is 17.6. The van der Waals surface area contributed by atoms with Gasteiger partial charge >= 0.3 is 5.97 Å². The van der Waals surface area contributed by atoms with Crippen LogP contribution in [0.2, 0.25) is 0 Å². The molecule has 18 N–H and O–H groups in total. The Hall–Kier alpha value is -3.95. The van der Waals surface area contributed by atoms with Crippen molar-refractivity contribution >= 4 is 41.4 Å². The molecule has 20 heteroatoms. The minimum Gasteiger partial charge on any atom is -0.480 e. The van der Waals surface area contributed by atoms with Gasteiger partial charge in [-0.1, -0.05) is 27.7 Å². The number of carbonyl (C=O) groups excluding carboxylic acids is 6. The van der Waals surface area contributed by atoms with Gasteiger partial charge in [-0.25, -0.2) is 4.79 Å². The first-order valence-electron chi connectivity index (χ1n) is 17.6. The van der Waals surface area contributed by atoms with Crippen LogP contribution in [-0.4, -0.2) is 126 Å². The summed E-state index contributed by atoms with van der Waals surface area (Å²) in [4.78, 5) is 90.8. The number of carboxylic acids is 1.